The zero-order chi connectivity index (χ0) is 22.4. The quantitative estimate of drug-likeness (QED) is 0.213. The van der Waals surface area contributed by atoms with Gasteiger partial charge in [0.2, 0.25) is 5.91 Å². The minimum absolute atomic E-state index is 0.0481. The van der Waals surface area contributed by atoms with Gasteiger partial charge in [0.15, 0.2) is 0 Å². The summed E-state index contributed by atoms with van der Waals surface area (Å²) in [5, 5.41) is 23.0. The van der Waals surface area contributed by atoms with Crippen LogP contribution in [0.1, 0.15) is 12.0 Å². The largest absolute Gasteiger partial charge is 0.506 e. The number of thioether (sulfide) groups is 1. The molecule has 1 aliphatic rings. The number of nitrogens with zero attached hydrogens (tertiary/aromatic N) is 2. The molecule has 0 aromatic heterocycles. The predicted octanol–water partition coefficient (Wildman–Crippen LogP) is 4.09. The third kappa shape index (κ3) is 5.77. The molecule has 0 spiro atoms. The molecule has 2 aromatic carbocycles. The molecule has 2 amide bonds. The van der Waals surface area contributed by atoms with Crippen LogP contribution in [-0.2, 0) is 9.59 Å². The number of benzene rings is 2. The fourth-order valence-corrected chi connectivity index (χ4v) is 3.94. The van der Waals surface area contributed by atoms with Gasteiger partial charge in [0.25, 0.3) is 11.6 Å². The highest BCUT2D eigenvalue weighted by molar-refractivity contribution is 8.26. The maximum Gasteiger partial charge on any atom is 0.273 e. The summed E-state index contributed by atoms with van der Waals surface area (Å²) < 4.78 is 0.357. The van der Waals surface area contributed by atoms with E-state index < -0.39 is 16.6 Å². The number of rotatable bonds is 7. The fourth-order valence-electron chi connectivity index (χ4n) is 2.68. The van der Waals surface area contributed by atoms with Gasteiger partial charge in [-0.2, -0.15) is 0 Å². The molecule has 1 fully saturated rings. The fraction of sp³-hybridized carbons (Fsp3) is 0.0952. The highest BCUT2D eigenvalue weighted by Crippen LogP contribution is 2.31. The maximum atomic E-state index is 12.6. The molecule has 3 rings (SSSR count). The Hall–Kier alpha value is -3.50. The summed E-state index contributed by atoms with van der Waals surface area (Å²) in [6, 6.07) is 13.0. The zero-order valence-corrected chi connectivity index (χ0v) is 17.7. The Balaban J connectivity index is 1.56. The second-order valence-corrected chi connectivity index (χ2v) is 8.06. The second-order valence-electron chi connectivity index (χ2n) is 6.38. The number of phenols is 1. The Bertz CT molecular complexity index is 1100. The average molecular weight is 456 g/mol. The molecule has 0 atom stereocenters. The van der Waals surface area contributed by atoms with Crippen molar-refractivity contribution in [3.8, 4) is 5.75 Å². The van der Waals surface area contributed by atoms with Crippen molar-refractivity contribution < 1.29 is 19.6 Å². The summed E-state index contributed by atoms with van der Waals surface area (Å²) in [4.78, 5) is 36.6. The van der Waals surface area contributed by atoms with E-state index in [1.165, 1.54) is 17.0 Å². The van der Waals surface area contributed by atoms with Gasteiger partial charge in [-0.3, -0.25) is 24.6 Å². The van der Waals surface area contributed by atoms with Crippen LogP contribution in [0.3, 0.4) is 0 Å². The first-order valence-corrected chi connectivity index (χ1v) is 10.3. The Kier molecular flexibility index (Phi) is 7.16. The van der Waals surface area contributed by atoms with Crippen LogP contribution >= 0.6 is 24.0 Å². The van der Waals surface area contributed by atoms with Gasteiger partial charge in [0.05, 0.1) is 21.6 Å². The number of anilines is 1. The molecule has 31 heavy (non-hydrogen) atoms. The lowest BCUT2D eigenvalue weighted by Gasteiger charge is -2.14. The van der Waals surface area contributed by atoms with Crippen molar-refractivity contribution in [1.29, 1.82) is 0 Å². The Morgan fingerprint density at radius 1 is 1.26 bits per heavy atom. The summed E-state index contributed by atoms with van der Waals surface area (Å²) in [6.07, 6.45) is 5.26. The SMILES string of the molecule is O=C(CCN1C(=O)/C(=C/C=C/c2ccccc2)SC1=S)Nc1ccc([N+](=O)[O-])cc1O. The van der Waals surface area contributed by atoms with Crippen molar-refractivity contribution in [3.05, 3.63) is 81.3 Å². The van der Waals surface area contributed by atoms with Crippen molar-refractivity contribution in [1.82, 2.24) is 4.90 Å². The number of non-ortho nitro benzene ring substituents is 1. The van der Waals surface area contributed by atoms with Gasteiger partial charge in [0, 0.05) is 19.0 Å². The molecule has 1 aliphatic heterocycles. The molecule has 0 unspecified atom stereocenters. The van der Waals surface area contributed by atoms with Crippen LogP contribution in [0.2, 0.25) is 0 Å². The monoisotopic (exact) mass is 455 g/mol. The molecule has 0 radical (unpaired) electrons. The van der Waals surface area contributed by atoms with Gasteiger partial charge >= 0.3 is 0 Å². The van der Waals surface area contributed by atoms with Crippen LogP contribution < -0.4 is 5.32 Å². The highest BCUT2D eigenvalue weighted by Gasteiger charge is 2.31. The van der Waals surface area contributed by atoms with E-state index in [-0.39, 0.29) is 30.2 Å². The van der Waals surface area contributed by atoms with E-state index >= 15 is 0 Å². The molecule has 2 aromatic rings. The lowest BCUT2D eigenvalue weighted by atomic mass is 10.2. The van der Waals surface area contributed by atoms with Gasteiger partial charge in [0.1, 0.15) is 10.1 Å². The number of thiocarbonyl (C=S) groups is 1. The Labute approximate surface area is 187 Å². The molecule has 0 saturated carbocycles. The Morgan fingerprint density at radius 2 is 2.00 bits per heavy atom. The highest BCUT2D eigenvalue weighted by atomic mass is 32.2. The van der Waals surface area contributed by atoms with Crippen molar-refractivity contribution in [2.24, 2.45) is 0 Å². The molecular formula is C21H17N3O5S2. The topological polar surface area (TPSA) is 113 Å². The van der Waals surface area contributed by atoms with Crippen LogP contribution in [0, 0.1) is 10.1 Å². The molecule has 1 saturated heterocycles. The molecule has 0 bridgehead atoms. The summed E-state index contributed by atoms with van der Waals surface area (Å²) in [7, 11) is 0. The molecule has 1 heterocycles. The first-order chi connectivity index (χ1) is 14.8. The van der Waals surface area contributed by atoms with Gasteiger partial charge < -0.3 is 10.4 Å². The van der Waals surface area contributed by atoms with E-state index in [9.17, 15) is 24.8 Å². The van der Waals surface area contributed by atoms with Crippen molar-refractivity contribution >= 4 is 57.6 Å². The third-order valence-electron chi connectivity index (χ3n) is 4.24. The number of hydrogen-bond acceptors (Lipinski definition) is 7. The number of allylic oxidation sites excluding steroid dienone is 2. The van der Waals surface area contributed by atoms with Crippen LogP contribution in [0.25, 0.3) is 6.08 Å². The van der Waals surface area contributed by atoms with Gasteiger partial charge in [-0.25, -0.2) is 0 Å². The van der Waals surface area contributed by atoms with Crippen LogP contribution in [0.5, 0.6) is 5.75 Å². The molecular weight excluding hydrogens is 438 g/mol. The number of nitrogens with one attached hydrogen (secondary N) is 1. The summed E-state index contributed by atoms with van der Waals surface area (Å²) in [6.45, 7) is 0.0734. The summed E-state index contributed by atoms with van der Waals surface area (Å²) in [5.74, 6) is -1.16. The minimum atomic E-state index is -0.650. The van der Waals surface area contributed by atoms with E-state index in [0.29, 0.717) is 9.23 Å². The van der Waals surface area contributed by atoms with Crippen molar-refractivity contribution in [3.63, 3.8) is 0 Å². The number of carbonyl (C=O) groups is 2. The number of phenolic OH excluding ortho intramolecular Hbond substituents is 1. The molecule has 0 aliphatic carbocycles. The summed E-state index contributed by atoms with van der Waals surface area (Å²) >= 11 is 6.41. The van der Waals surface area contributed by atoms with E-state index in [2.05, 4.69) is 5.32 Å². The molecule has 2 N–H and O–H groups in total. The molecule has 158 valence electrons. The van der Waals surface area contributed by atoms with E-state index in [4.69, 9.17) is 12.2 Å². The average Bonchev–Trinajstić information content (AvgIpc) is 3.01. The van der Waals surface area contributed by atoms with Crippen LogP contribution in [0.15, 0.2) is 65.6 Å². The number of aromatic hydroxyl groups is 1. The standard InChI is InChI=1S/C21H17N3O5S2/c25-17-13-15(24(28)29)9-10-16(17)22-19(26)11-12-23-20(27)18(31-21(23)30)8-4-7-14-5-2-1-3-6-14/h1-10,13,25H,11-12H2,(H,22,26)/b7-4+,18-8-. The van der Waals surface area contributed by atoms with Crippen molar-refractivity contribution in [2.75, 3.05) is 11.9 Å². The van der Waals surface area contributed by atoms with Gasteiger partial charge in [-0.1, -0.05) is 66.5 Å². The van der Waals surface area contributed by atoms with Crippen LogP contribution in [0.4, 0.5) is 11.4 Å². The predicted molar refractivity (Wildman–Crippen MR) is 123 cm³/mol. The third-order valence-corrected chi connectivity index (χ3v) is 5.63. The van der Waals surface area contributed by atoms with E-state index in [1.54, 1.807) is 12.2 Å². The molecule has 8 nitrogen and oxygen atoms in total. The smallest absolute Gasteiger partial charge is 0.273 e. The number of nitro benzene ring substituents is 1. The first-order valence-electron chi connectivity index (χ1n) is 9.09. The van der Waals surface area contributed by atoms with Gasteiger partial charge in [-0.15, -0.1) is 0 Å². The van der Waals surface area contributed by atoms with Crippen LogP contribution in [-0.4, -0.2) is 37.6 Å². The zero-order valence-electron chi connectivity index (χ0n) is 16.1. The molecule has 10 heteroatoms. The number of hydrogen-bond donors (Lipinski definition) is 2. The number of nitro groups is 1. The number of amides is 2. The first kappa shape index (κ1) is 22.2. The maximum absolute atomic E-state index is 12.6. The van der Waals surface area contributed by atoms with Gasteiger partial charge in [-0.05, 0) is 17.7 Å². The lowest BCUT2D eigenvalue weighted by Crippen LogP contribution is -2.31. The van der Waals surface area contributed by atoms with Crippen molar-refractivity contribution in [2.45, 2.75) is 6.42 Å². The van der Waals surface area contributed by atoms with E-state index in [0.717, 1.165) is 23.4 Å². The second kappa shape index (κ2) is 10.0. The number of carbonyl (C=O) groups excluding carboxylic acids is 2. The Morgan fingerprint density at radius 3 is 2.68 bits per heavy atom. The summed E-state index contributed by atoms with van der Waals surface area (Å²) in [5.41, 5.74) is 0.758. The van der Waals surface area contributed by atoms with E-state index in [1.807, 2.05) is 36.4 Å². The minimum Gasteiger partial charge on any atom is -0.506 e. The normalized spacial score (nSPS) is 15.1. The lowest BCUT2D eigenvalue weighted by molar-refractivity contribution is -0.384.